The number of esters is 2. The molecule has 116 valence electrons. The second kappa shape index (κ2) is 9.10. The van der Waals surface area contributed by atoms with Crippen molar-refractivity contribution < 1.29 is 23.5 Å². The molecular formula is C16H21FO4. The van der Waals surface area contributed by atoms with Crippen molar-refractivity contribution in [3.63, 3.8) is 0 Å². The number of carbonyl (C=O) groups is 2. The van der Waals surface area contributed by atoms with Crippen LogP contribution in [0.2, 0.25) is 0 Å². The first kappa shape index (κ1) is 17.1. The maximum atomic E-state index is 13.3. The minimum absolute atomic E-state index is 0.0939. The SMILES string of the molecule is CC(C)COC(=O)CCCC(=O)OCc1ccccc1F. The lowest BCUT2D eigenvalue weighted by atomic mass is 10.2. The molecule has 0 aliphatic carbocycles. The second-order valence-corrected chi connectivity index (χ2v) is 5.18. The van der Waals surface area contributed by atoms with Crippen LogP contribution in [0.25, 0.3) is 0 Å². The highest BCUT2D eigenvalue weighted by Crippen LogP contribution is 2.09. The maximum absolute atomic E-state index is 13.3. The Morgan fingerprint density at radius 3 is 2.33 bits per heavy atom. The van der Waals surface area contributed by atoms with E-state index < -0.39 is 11.8 Å². The minimum atomic E-state index is -0.449. The first-order chi connectivity index (χ1) is 9.99. The molecule has 0 amide bonds. The Balaban J connectivity index is 2.17. The Hall–Kier alpha value is -1.91. The number of rotatable bonds is 8. The molecule has 0 saturated carbocycles. The van der Waals surface area contributed by atoms with Crippen molar-refractivity contribution in [1.82, 2.24) is 0 Å². The van der Waals surface area contributed by atoms with Crippen LogP contribution in [0.15, 0.2) is 24.3 Å². The lowest BCUT2D eigenvalue weighted by Gasteiger charge is -2.07. The number of carbonyl (C=O) groups excluding carboxylic acids is 2. The maximum Gasteiger partial charge on any atom is 0.306 e. The van der Waals surface area contributed by atoms with Crippen molar-refractivity contribution in [2.75, 3.05) is 6.61 Å². The molecule has 0 heterocycles. The second-order valence-electron chi connectivity index (χ2n) is 5.18. The van der Waals surface area contributed by atoms with Gasteiger partial charge in [-0.1, -0.05) is 32.0 Å². The van der Waals surface area contributed by atoms with Crippen LogP contribution in [-0.2, 0) is 25.7 Å². The van der Waals surface area contributed by atoms with Gasteiger partial charge >= 0.3 is 11.9 Å². The van der Waals surface area contributed by atoms with Crippen LogP contribution in [-0.4, -0.2) is 18.5 Å². The van der Waals surface area contributed by atoms with Gasteiger partial charge in [-0.25, -0.2) is 4.39 Å². The molecule has 0 aliphatic heterocycles. The molecule has 0 fully saturated rings. The molecule has 5 heteroatoms. The monoisotopic (exact) mass is 296 g/mol. The zero-order chi connectivity index (χ0) is 15.7. The van der Waals surface area contributed by atoms with Gasteiger partial charge in [0.05, 0.1) is 6.61 Å². The largest absolute Gasteiger partial charge is 0.465 e. The van der Waals surface area contributed by atoms with E-state index in [1.165, 1.54) is 6.07 Å². The molecule has 1 rings (SSSR count). The third kappa shape index (κ3) is 7.44. The highest BCUT2D eigenvalue weighted by atomic mass is 19.1. The smallest absolute Gasteiger partial charge is 0.306 e. The molecule has 1 aromatic rings. The van der Waals surface area contributed by atoms with Crippen LogP contribution < -0.4 is 0 Å². The summed E-state index contributed by atoms with van der Waals surface area (Å²) in [4.78, 5) is 22.8. The summed E-state index contributed by atoms with van der Waals surface area (Å²) in [6.45, 7) is 4.20. The van der Waals surface area contributed by atoms with Crippen molar-refractivity contribution in [2.24, 2.45) is 5.92 Å². The highest BCUT2D eigenvalue weighted by molar-refractivity contribution is 5.72. The number of hydrogen-bond acceptors (Lipinski definition) is 4. The number of halogens is 1. The van der Waals surface area contributed by atoms with Crippen molar-refractivity contribution in [3.05, 3.63) is 35.6 Å². The summed E-state index contributed by atoms with van der Waals surface area (Å²) < 4.78 is 23.2. The third-order valence-corrected chi connectivity index (χ3v) is 2.69. The first-order valence-electron chi connectivity index (χ1n) is 7.03. The summed E-state index contributed by atoms with van der Waals surface area (Å²) >= 11 is 0. The standard InChI is InChI=1S/C16H21FO4/c1-12(2)10-20-15(18)8-5-9-16(19)21-11-13-6-3-4-7-14(13)17/h3-4,6-7,12H,5,8-11H2,1-2H3. The predicted octanol–water partition coefficient (Wildman–Crippen LogP) is 3.24. The quantitative estimate of drug-likeness (QED) is 0.691. The fourth-order valence-electron chi connectivity index (χ4n) is 1.55. The molecule has 1 aromatic carbocycles. The molecule has 0 unspecified atom stereocenters. The predicted molar refractivity (Wildman–Crippen MR) is 75.8 cm³/mol. The number of hydrogen-bond donors (Lipinski definition) is 0. The molecular weight excluding hydrogens is 275 g/mol. The van der Waals surface area contributed by atoms with Gasteiger partial charge in [0, 0.05) is 18.4 Å². The summed E-state index contributed by atoms with van der Waals surface area (Å²) in [6, 6.07) is 6.13. The highest BCUT2D eigenvalue weighted by Gasteiger charge is 2.09. The van der Waals surface area contributed by atoms with Crippen molar-refractivity contribution in [2.45, 2.75) is 39.7 Å². The van der Waals surface area contributed by atoms with Gasteiger partial charge in [-0.3, -0.25) is 9.59 Å². The lowest BCUT2D eigenvalue weighted by Crippen LogP contribution is -2.11. The van der Waals surface area contributed by atoms with E-state index >= 15 is 0 Å². The van der Waals surface area contributed by atoms with Crippen LogP contribution in [0, 0.1) is 11.7 Å². The van der Waals surface area contributed by atoms with E-state index in [2.05, 4.69) is 0 Å². The summed E-state index contributed by atoms with van der Waals surface area (Å²) in [5.41, 5.74) is 0.335. The summed E-state index contributed by atoms with van der Waals surface area (Å²) in [5, 5.41) is 0. The normalized spacial score (nSPS) is 10.5. The van der Waals surface area contributed by atoms with E-state index in [0.29, 0.717) is 24.5 Å². The molecule has 21 heavy (non-hydrogen) atoms. The zero-order valence-electron chi connectivity index (χ0n) is 12.4. The van der Waals surface area contributed by atoms with Gasteiger partial charge < -0.3 is 9.47 Å². The third-order valence-electron chi connectivity index (χ3n) is 2.69. The van der Waals surface area contributed by atoms with Gasteiger partial charge in [-0.2, -0.15) is 0 Å². The van der Waals surface area contributed by atoms with Crippen LogP contribution in [0.1, 0.15) is 38.7 Å². The Morgan fingerprint density at radius 2 is 1.71 bits per heavy atom. The Kier molecular flexibility index (Phi) is 7.43. The zero-order valence-corrected chi connectivity index (χ0v) is 12.4. The van der Waals surface area contributed by atoms with E-state index in [4.69, 9.17) is 9.47 Å². The molecule has 0 atom stereocenters. The van der Waals surface area contributed by atoms with Gasteiger partial charge in [0.2, 0.25) is 0 Å². The summed E-state index contributed by atoms with van der Waals surface area (Å²) in [6.07, 6.45) is 0.666. The number of ether oxygens (including phenoxy) is 2. The van der Waals surface area contributed by atoms with Crippen molar-refractivity contribution >= 4 is 11.9 Å². The van der Waals surface area contributed by atoms with E-state index in [1.54, 1.807) is 18.2 Å². The van der Waals surface area contributed by atoms with Crippen LogP contribution >= 0.6 is 0 Å². The van der Waals surface area contributed by atoms with E-state index in [0.717, 1.165) is 0 Å². The molecule has 0 aliphatic rings. The molecule has 0 spiro atoms. The van der Waals surface area contributed by atoms with Crippen molar-refractivity contribution in [3.8, 4) is 0 Å². The number of benzene rings is 1. The first-order valence-corrected chi connectivity index (χ1v) is 7.03. The van der Waals surface area contributed by atoms with Gasteiger partial charge in [0.25, 0.3) is 0 Å². The van der Waals surface area contributed by atoms with E-state index in [9.17, 15) is 14.0 Å². The molecule has 0 N–H and O–H groups in total. The Bertz CT molecular complexity index is 471. The van der Waals surface area contributed by atoms with Gasteiger partial charge in [-0.15, -0.1) is 0 Å². The van der Waals surface area contributed by atoms with Crippen molar-refractivity contribution in [1.29, 1.82) is 0 Å². The van der Waals surface area contributed by atoms with Crippen LogP contribution in [0.5, 0.6) is 0 Å². The molecule has 0 aromatic heterocycles. The van der Waals surface area contributed by atoms with Crippen LogP contribution in [0.4, 0.5) is 4.39 Å². The van der Waals surface area contributed by atoms with Gasteiger partial charge in [0.1, 0.15) is 12.4 Å². The van der Waals surface area contributed by atoms with E-state index in [1.807, 2.05) is 13.8 Å². The van der Waals surface area contributed by atoms with E-state index in [-0.39, 0.29) is 25.4 Å². The average molecular weight is 296 g/mol. The Labute approximate surface area is 124 Å². The molecule has 0 bridgehead atoms. The molecule has 4 nitrogen and oxygen atoms in total. The molecule has 0 radical (unpaired) electrons. The topological polar surface area (TPSA) is 52.6 Å². The minimum Gasteiger partial charge on any atom is -0.465 e. The average Bonchev–Trinajstić information content (AvgIpc) is 2.44. The lowest BCUT2D eigenvalue weighted by molar-refractivity contribution is -0.146. The molecule has 0 saturated heterocycles. The summed E-state index contributed by atoms with van der Waals surface area (Å²) in [7, 11) is 0. The van der Waals surface area contributed by atoms with Crippen LogP contribution in [0.3, 0.4) is 0 Å². The fourth-order valence-corrected chi connectivity index (χ4v) is 1.55. The summed E-state index contributed by atoms with van der Waals surface area (Å²) in [5.74, 6) is -0.872. The Morgan fingerprint density at radius 1 is 1.10 bits per heavy atom. The fraction of sp³-hybridized carbons (Fsp3) is 0.500. The van der Waals surface area contributed by atoms with Gasteiger partial charge in [0.15, 0.2) is 0 Å². The van der Waals surface area contributed by atoms with Gasteiger partial charge in [-0.05, 0) is 18.4 Å².